The van der Waals surface area contributed by atoms with Crippen molar-refractivity contribution in [2.75, 3.05) is 13.2 Å². The first-order chi connectivity index (χ1) is 12.5. The van der Waals surface area contributed by atoms with Gasteiger partial charge in [0.1, 0.15) is 5.75 Å². The van der Waals surface area contributed by atoms with E-state index in [-0.39, 0.29) is 25.2 Å². The minimum atomic E-state index is -0.522. The van der Waals surface area contributed by atoms with Gasteiger partial charge in [0.25, 0.3) is 5.91 Å². The normalized spacial score (nSPS) is 24.6. The molecule has 0 aromatic heterocycles. The van der Waals surface area contributed by atoms with Gasteiger partial charge in [-0.25, -0.2) is 4.79 Å². The summed E-state index contributed by atoms with van der Waals surface area (Å²) >= 11 is 0. The molecule has 1 fully saturated rings. The molecule has 142 valence electrons. The molecule has 1 aromatic rings. The van der Waals surface area contributed by atoms with Crippen LogP contribution in [0.4, 0.5) is 0 Å². The summed E-state index contributed by atoms with van der Waals surface area (Å²) in [6, 6.07) is 6.11. The lowest BCUT2D eigenvalue weighted by Crippen LogP contribution is -2.45. The van der Waals surface area contributed by atoms with Gasteiger partial charge >= 0.3 is 5.97 Å². The van der Waals surface area contributed by atoms with Gasteiger partial charge in [-0.3, -0.25) is 4.79 Å². The maximum atomic E-state index is 12.0. The van der Waals surface area contributed by atoms with Crippen LogP contribution in [0.25, 0.3) is 0 Å². The molecule has 26 heavy (non-hydrogen) atoms. The number of hydrogen-bond acceptors (Lipinski definition) is 4. The first-order valence-corrected chi connectivity index (χ1v) is 9.72. The number of fused-ring (bicyclic) bond motifs is 1. The van der Waals surface area contributed by atoms with E-state index in [0.29, 0.717) is 17.6 Å². The summed E-state index contributed by atoms with van der Waals surface area (Å²) < 4.78 is 10.5. The van der Waals surface area contributed by atoms with Crippen LogP contribution in [0.3, 0.4) is 0 Å². The minimum absolute atomic E-state index is 0.174. The number of amides is 1. The highest BCUT2D eigenvalue weighted by atomic mass is 16.6. The summed E-state index contributed by atoms with van der Waals surface area (Å²) in [6.45, 7) is 3.97. The van der Waals surface area contributed by atoms with Crippen molar-refractivity contribution in [3.63, 3.8) is 0 Å². The van der Waals surface area contributed by atoms with Crippen LogP contribution in [-0.2, 0) is 27.2 Å². The highest BCUT2D eigenvalue weighted by molar-refractivity contribution is 5.81. The SMILES string of the molecule is C[C@@H]1[C@@H](C)CCC[C@H]1NC(=O)COC(=O)COc1ccc2c(c1)CCC2. The quantitative estimate of drug-likeness (QED) is 0.793. The van der Waals surface area contributed by atoms with E-state index in [0.717, 1.165) is 25.7 Å². The second kappa shape index (κ2) is 8.56. The van der Waals surface area contributed by atoms with Crippen molar-refractivity contribution in [1.29, 1.82) is 0 Å². The summed E-state index contributed by atoms with van der Waals surface area (Å²) in [5.74, 6) is 0.980. The van der Waals surface area contributed by atoms with Crippen molar-refractivity contribution in [1.82, 2.24) is 5.32 Å². The minimum Gasteiger partial charge on any atom is -0.482 e. The maximum absolute atomic E-state index is 12.0. The molecule has 1 saturated carbocycles. The van der Waals surface area contributed by atoms with Gasteiger partial charge in [-0.1, -0.05) is 32.8 Å². The van der Waals surface area contributed by atoms with Crippen LogP contribution in [0, 0.1) is 11.8 Å². The van der Waals surface area contributed by atoms with Gasteiger partial charge in [-0.15, -0.1) is 0 Å². The molecule has 1 amide bonds. The lowest BCUT2D eigenvalue weighted by molar-refractivity contribution is -0.150. The molecule has 1 N–H and O–H groups in total. The summed E-state index contributed by atoms with van der Waals surface area (Å²) in [5, 5.41) is 3.00. The Morgan fingerprint density at radius 1 is 1.08 bits per heavy atom. The molecule has 0 aliphatic heterocycles. The first kappa shape index (κ1) is 18.7. The monoisotopic (exact) mass is 359 g/mol. The van der Waals surface area contributed by atoms with E-state index in [1.807, 2.05) is 12.1 Å². The molecule has 0 saturated heterocycles. The third-order valence-electron chi connectivity index (χ3n) is 5.84. The van der Waals surface area contributed by atoms with E-state index in [2.05, 4.69) is 25.2 Å². The topological polar surface area (TPSA) is 64.6 Å². The van der Waals surface area contributed by atoms with Crippen molar-refractivity contribution in [2.24, 2.45) is 11.8 Å². The highest BCUT2D eigenvalue weighted by Gasteiger charge is 2.28. The predicted octanol–water partition coefficient (Wildman–Crippen LogP) is 3.04. The zero-order valence-corrected chi connectivity index (χ0v) is 15.8. The largest absolute Gasteiger partial charge is 0.482 e. The van der Waals surface area contributed by atoms with Crippen LogP contribution >= 0.6 is 0 Å². The number of carbonyl (C=O) groups excluding carboxylic acids is 2. The Morgan fingerprint density at radius 2 is 1.88 bits per heavy atom. The number of ether oxygens (including phenoxy) is 2. The first-order valence-electron chi connectivity index (χ1n) is 9.72. The summed E-state index contributed by atoms with van der Waals surface area (Å²) in [5.41, 5.74) is 2.66. The average molecular weight is 359 g/mol. The maximum Gasteiger partial charge on any atom is 0.344 e. The van der Waals surface area contributed by atoms with Gasteiger partial charge in [0.15, 0.2) is 13.2 Å². The number of rotatable bonds is 6. The van der Waals surface area contributed by atoms with Crippen LogP contribution in [0.5, 0.6) is 5.75 Å². The number of aryl methyl sites for hydroxylation is 2. The van der Waals surface area contributed by atoms with Gasteiger partial charge in [0, 0.05) is 6.04 Å². The van der Waals surface area contributed by atoms with Gasteiger partial charge in [-0.05, 0) is 60.8 Å². The highest BCUT2D eigenvalue weighted by Crippen LogP contribution is 2.29. The van der Waals surface area contributed by atoms with E-state index in [4.69, 9.17) is 9.47 Å². The molecule has 2 aliphatic rings. The van der Waals surface area contributed by atoms with Crippen LogP contribution < -0.4 is 10.1 Å². The van der Waals surface area contributed by atoms with E-state index in [1.54, 1.807) is 0 Å². The van der Waals surface area contributed by atoms with Crippen molar-refractivity contribution in [2.45, 2.75) is 58.4 Å². The van der Waals surface area contributed by atoms with Crippen molar-refractivity contribution >= 4 is 11.9 Å². The predicted molar refractivity (Wildman–Crippen MR) is 99.0 cm³/mol. The molecular weight excluding hydrogens is 330 g/mol. The van der Waals surface area contributed by atoms with Gasteiger partial charge in [0.2, 0.25) is 0 Å². The smallest absolute Gasteiger partial charge is 0.344 e. The third-order valence-corrected chi connectivity index (χ3v) is 5.84. The van der Waals surface area contributed by atoms with E-state index in [1.165, 1.54) is 24.0 Å². The molecular formula is C21H29NO4. The Kier molecular flexibility index (Phi) is 6.17. The Morgan fingerprint density at radius 3 is 2.73 bits per heavy atom. The molecule has 2 aliphatic carbocycles. The molecule has 5 heteroatoms. The van der Waals surface area contributed by atoms with Crippen molar-refractivity contribution in [3.8, 4) is 5.75 Å². The summed E-state index contributed by atoms with van der Waals surface area (Å²) in [7, 11) is 0. The number of hydrogen-bond donors (Lipinski definition) is 1. The molecule has 0 heterocycles. The standard InChI is InChI=1S/C21H29NO4/c1-14-5-3-8-19(15(14)2)22-20(23)12-26-21(24)13-25-18-10-9-16-6-4-7-17(16)11-18/h9-11,14-15,19H,3-8,12-13H2,1-2H3,(H,22,23)/t14-,15+,19+/m0/s1. The fraction of sp³-hybridized carbons (Fsp3) is 0.619. The second-order valence-electron chi connectivity index (χ2n) is 7.67. The Hall–Kier alpha value is -2.04. The summed E-state index contributed by atoms with van der Waals surface area (Å²) in [6.07, 6.45) is 6.69. The molecule has 3 atom stereocenters. The number of nitrogens with one attached hydrogen (secondary N) is 1. The van der Waals surface area contributed by atoms with E-state index in [9.17, 15) is 9.59 Å². The van der Waals surface area contributed by atoms with Crippen molar-refractivity contribution < 1.29 is 19.1 Å². The molecule has 0 unspecified atom stereocenters. The van der Waals surface area contributed by atoms with Crippen LogP contribution in [0.15, 0.2) is 18.2 Å². The van der Waals surface area contributed by atoms with E-state index < -0.39 is 5.97 Å². The van der Waals surface area contributed by atoms with E-state index >= 15 is 0 Å². The Labute approximate surface area is 155 Å². The fourth-order valence-corrected chi connectivity index (χ4v) is 4.00. The van der Waals surface area contributed by atoms with Crippen LogP contribution in [-0.4, -0.2) is 31.1 Å². The lowest BCUT2D eigenvalue weighted by Gasteiger charge is -2.34. The lowest BCUT2D eigenvalue weighted by atomic mass is 9.78. The molecule has 3 rings (SSSR count). The molecule has 1 aromatic carbocycles. The molecule has 0 radical (unpaired) electrons. The molecule has 0 spiro atoms. The number of carbonyl (C=O) groups is 2. The number of benzene rings is 1. The van der Waals surface area contributed by atoms with Gasteiger partial charge in [-0.2, -0.15) is 0 Å². The van der Waals surface area contributed by atoms with Gasteiger partial charge < -0.3 is 14.8 Å². The van der Waals surface area contributed by atoms with Crippen LogP contribution in [0.1, 0.15) is 50.7 Å². The Bertz CT molecular complexity index is 657. The zero-order valence-electron chi connectivity index (χ0n) is 15.8. The second-order valence-corrected chi connectivity index (χ2v) is 7.67. The Balaban J connectivity index is 1.37. The average Bonchev–Trinajstić information content (AvgIpc) is 3.10. The molecule has 5 nitrogen and oxygen atoms in total. The summed E-state index contributed by atoms with van der Waals surface area (Å²) in [4.78, 5) is 23.9. The number of esters is 1. The zero-order chi connectivity index (χ0) is 18.5. The fourth-order valence-electron chi connectivity index (χ4n) is 4.00. The molecule has 0 bridgehead atoms. The van der Waals surface area contributed by atoms with Gasteiger partial charge in [0.05, 0.1) is 0 Å². The van der Waals surface area contributed by atoms with Crippen LogP contribution in [0.2, 0.25) is 0 Å². The van der Waals surface area contributed by atoms with Crippen molar-refractivity contribution in [3.05, 3.63) is 29.3 Å². The third kappa shape index (κ3) is 4.77.